The fraction of sp³-hybridized carbons (Fsp3) is 0.316. The molecule has 0 radical (unpaired) electrons. The van der Waals surface area contributed by atoms with Crippen molar-refractivity contribution in [1.29, 1.82) is 0 Å². The molecule has 0 spiro atoms. The van der Waals surface area contributed by atoms with Crippen LogP contribution >= 0.6 is 0 Å². The Morgan fingerprint density at radius 1 is 1.14 bits per heavy atom. The third-order valence-corrected chi connectivity index (χ3v) is 6.60. The number of benzene rings is 2. The number of hydrogen-bond acceptors (Lipinski definition) is 6. The van der Waals surface area contributed by atoms with Crippen LogP contribution in [0.15, 0.2) is 47.4 Å². The van der Waals surface area contributed by atoms with Crippen LogP contribution in [0.1, 0.15) is 6.42 Å². The number of carbonyl (C=O) groups excluding carboxylic acids is 1. The lowest BCUT2D eigenvalue weighted by molar-refractivity contribution is -0.117. The van der Waals surface area contributed by atoms with Gasteiger partial charge in [0.05, 0.1) is 25.6 Å². The predicted octanol–water partition coefficient (Wildman–Crippen LogP) is 1.58. The van der Waals surface area contributed by atoms with Crippen LogP contribution in [0.3, 0.4) is 0 Å². The Morgan fingerprint density at radius 3 is 2.68 bits per heavy atom. The van der Waals surface area contributed by atoms with Gasteiger partial charge in [0.15, 0.2) is 0 Å². The highest BCUT2D eigenvalue weighted by Crippen LogP contribution is 2.37. The topological polar surface area (TPSA) is 97.0 Å². The largest absolute Gasteiger partial charge is 0.497 e. The van der Waals surface area contributed by atoms with E-state index < -0.39 is 22.1 Å². The zero-order chi connectivity index (χ0) is 19.9. The summed E-state index contributed by atoms with van der Waals surface area (Å²) >= 11 is 0. The van der Waals surface area contributed by atoms with Gasteiger partial charge in [-0.15, -0.1) is 0 Å². The van der Waals surface area contributed by atoms with Crippen LogP contribution in [0.2, 0.25) is 0 Å². The van der Waals surface area contributed by atoms with Gasteiger partial charge in [0.1, 0.15) is 22.4 Å². The normalized spacial score (nSPS) is 20.9. The summed E-state index contributed by atoms with van der Waals surface area (Å²) < 4.78 is 39.1. The van der Waals surface area contributed by atoms with Crippen LogP contribution in [-0.4, -0.2) is 47.2 Å². The van der Waals surface area contributed by atoms with Crippen LogP contribution in [0.5, 0.6) is 11.5 Å². The van der Waals surface area contributed by atoms with Crippen molar-refractivity contribution in [3.8, 4) is 11.5 Å². The first kappa shape index (κ1) is 18.6. The molecule has 2 aliphatic heterocycles. The first-order valence-electron chi connectivity index (χ1n) is 8.84. The Morgan fingerprint density at radius 2 is 1.93 bits per heavy atom. The van der Waals surface area contributed by atoms with Gasteiger partial charge in [-0.05, 0) is 30.7 Å². The Bertz CT molecular complexity index is 1020. The molecule has 2 unspecified atom stereocenters. The van der Waals surface area contributed by atoms with E-state index in [4.69, 9.17) is 9.47 Å². The van der Waals surface area contributed by atoms with Crippen LogP contribution in [0, 0.1) is 0 Å². The standard InChI is InChI=1S/C19H21N3O5S/c1-26-13-7-8-17(27-2)18(10-13)28(24,25)21-12-9-16-19(23)20-14-5-3-4-6-15(14)22(16)11-12/h3-8,10,12,16,21H,9,11H2,1-2H3,(H,20,23). The second kappa shape index (κ2) is 6.99. The molecule has 1 amide bonds. The molecule has 0 bridgehead atoms. The molecule has 148 valence electrons. The van der Waals surface area contributed by atoms with E-state index in [1.54, 1.807) is 12.1 Å². The molecule has 9 heteroatoms. The molecule has 0 aliphatic carbocycles. The van der Waals surface area contributed by atoms with Gasteiger partial charge in [0, 0.05) is 18.7 Å². The van der Waals surface area contributed by atoms with E-state index in [-0.39, 0.29) is 16.6 Å². The van der Waals surface area contributed by atoms with Crippen molar-refractivity contribution in [2.45, 2.75) is 23.4 Å². The molecule has 2 aromatic carbocycles. The molecule has 2 heterocycles. The van der Waals surface area contributed by atoms with E-state index in [1.165, 1.54) is 20.3 Å². The number of ether oxygens (including phenoxy) is 2. The molecule has 2 aliphatic rings. The van der Waals surface area contributed by atoms with Gasteiger partial charge in [0.2, 0.25) is 15.9 Å². The Hall–Kier alpha value is -2.78. The highest BCUT2D eigenvalue weighted by atomic mass is 32.2. The van der Waals surface area contributed by atoms with Gasteiger partial charge < -0.3 is 19.7 Å². The van der Waals surface area contributed by atoms with Crippen LogP contribution in [0.4, 0.5) is 11.4 Å². The molecule has 0 aromatic heterocycles. The number of carbonyl (C=O) groups is 1. The first-order chi connectivity index (χ1) is 13.4. The number of nitrogens with one attached hydrogen (secondary N) is 2. The molecule has 1 fully saturated rings. The van der Waals surface area contributed by atoms with Crippen molar-refractivity contribution in [3.63, 3.8) is 0 Å². The summed E-state index contributed by atoms with van der Waals surface area (Å²) in [5.41, 5.74) is 1.63. The van der Waals surface area contributed by atoms with Crippen molar-refractivity contribution in [3.05, 3.63) is 42.5 Å². The van der Waals surface area contributed by atoms with Gasteiger partial charge in [-0.2, -0.15) is 0 Å². The number of amides is 1. The van der Waals surface area contributed by atoms with E-state index >= 15 is 0 Å². The quantitative estimate of drug-likeness (QED) is 0.787. The summed E-state index contributed by atoms with van der Waals surface area (Å²) in [5, 5.41) is 2.89. The van der Waals surface area contributed by atoms with E-state index in [1.807, 2.05) is 29.2 Å². The monoisotopic (exact) mass is 403 g/mol. The maximum absolute atomic E-state index is 13.0. The number of sulfonamides is 1. The SMILES string of the molecule is COc1ccc(OC)c(S(=O)(=O)NC2CC3C(=O)Nc4ccccc4N3C2)c1. The Balaban J connectivity index is 1.60. The summed E-state index contributed by atoms with van der Waals surface area (Å²) in [6.07, 6.45) is 0.381. The van der Waals surface area contributed by atoms with Crippen molar-refractivity contribution in [1.82, 2.24) is 4.72 Å². The van der Waals surface area contributed by atoms with Crippen molar-refractivity contribution in [2.24, 2.45) is 0 Å². The molecule has 2 aromatic rings. The molecule has 8 nitrogen and oxygen atoms in total. The van der Waals surface area contributed by atoms with Crippen LogP contribution < -0.4 is 24.4 Å². The number of rotatable bonds is 5. The highest BCUT2D eigenvalue weighted by molar-refractivity contribution is 7.89. The lowest BCUT2D eigenvalue weighted by Gasteiger charge is -2.32. The predicted molar refractivity (Wildman–Crippen MR) is 104 cm³/mol. The lowest BCUT2D eigenvalue weighted by atomic mass is 10.1. The van der Waals surface area contributed by atoms with Crippen LogP contribution in [0.25, 0.3) is 0 Å². The van der Waals surface area contributed by atoms with E-state index in [9.17, 15) is 13.2 Å². The average molecular weight is 403 g/mol. The second-order valence-electron chi connectivity index (χ2n) is 6.75. The Kier molecular flexibility index (Phi) is 4.64. The Labute approximate surface area is 163 Å². The van der Waals surface area contributed by atoms with E-state index in [2.05, 4.69) is 10.0 Å². The number of nitrogens with zero attached hydrogens (tertiary/aromatic N) is 1. The number of para-hydroxylation sites is 2. The summed E-state index contributed by atoms with van der Waals surface area (Å²) in [5.74, 6) is 0.518. The minimum absolute atomic E-state index is 0.00377. The molecular formula is C19H21N3O5S. The smallest absolute Gasteiger partial charge is 0.247 e. The lowest BCUT2D eigenvalue weighted by Crippen LogP contribution is -2.44. The number of anilines is 2. The zero-order valence-electron chi connectivity index (χ0n) is 15.5. The summed E-state index contributed by atoms with van der Waals surface area (Å²) in [6.45, 7) is 0.403. The van der Waals surface area contributed by atoms with Gasteiger partial charge in [0.25, 0.3) is 0 Å². The van der Waals surface area contributed by atoms with Gasteiger partial charge in [-0.3, -0.25) is 4.79 Å². The summed E-state index contributed by atoms with van der Waals surface area (Å²) in [4.78, 5) is 14.4. The zero-order valence-corrected chi connectivity index (χ0v) is 16.3. The molecule has 1 saturated heterocycles. The van der Waals surface area contributed by atoms with Gasteiger partial charge >= 0.3 is 0 Å². The van der Waals surface area contributed by atoms with Crippen molar-refractivity contribution in [2.75, 3.05) is 31.0 Å². The molecule has 2 N–H and O–H groups in total. The second-order valence-corrected chi connectivity index (χ2v) is 8.43. The van der Waals surface area contributed by atoms with Gasteiger partial charge in [-0.1, -0.05) is 12.1 Å². The average Bonchev–Trinajstić information content (AvgIpc) is 3.11. The fourth-order valence-corrected chi connectivity index (χ4v) is 5.18. The van der Waals surface area contributed by atoms with E-state index in [0.717, 1.165) is 11.4 Å². The molecule has 2 atom stereocenters. The first-order valence-corrected chi connectivity index (χ1v) is 10.3. The van der Waals surface area contributed by atoms with Gasteiger partial charge in [-0.25, -0.2) is 13.1 Å². The van der Waals surface area contributed by atoms with Crippen molar-refractivity contribution < 1.29 is 22.7 Å². The number of fused-ring (bicyclic) bond motifs is 3. The summed E-state index contributed by atoms with van der Waals surface area (Å²) in [7, 11) is -0.987. The minimum atomic E-state index is -3.87. The third-order valence-electron chi connectivity index (χ3n) is 5.06. The highest BCUT2D eigenvalue weighted by Gasteiger charge is 2.42. The molecule has 28 heavy (non-hydrogen) atoms. The molecular weight excluding hydrogens is 382 g/mol. The maximum Gasteiger partial charge on any atom is 0.247 e. The number of methoxy groups -OCH3 is 2. The van der Waals surface area contributed by atoms with E-state index in [0.29, 0.717) is 18.7 Å². The maximum atomic E-state index is 13.0. The number of hydrogen-bond donors (Lipinski definition) is 2. The third kappa shape index (κ3) is 3.16. The molecule has 0 saturated carbocycles. The summed E-state index contributed by atoms with van der Waals surface area (Å²) in [6, 6.07) is 11.3. The van der Waals surface area contributed by atoms with Crippen LogP contribution in [-0.2, 0) is 14.8 Å². The molecule has 4 rings (SSSR count). The fourth-order valence-electron chi connectivity index (χ4n) is 3.76. The minimum Gasteiger partial charge on any atom is -0.497 e. The van der Waals surface area contributed by atoms with Crippen molar-refractivity contribution >= 4 is 27.3 Å².